The summed E-state index contributed by atoms with van der Waals surface area (Å²) in [5.74, 6) is 1.23. The highest BCUT2D eigenvalue weighted by Crippen LogP contribution is 2.44. The predicted octanol–water partition coefficient (Wildman–Crippen LogP) is 7.71. The SMILES string of the molecule is CCCCOCCOC(=O)CCCC(C)(C)c1cc(OCC)c(C(C)(C)CCCC(=O)OCCOCCCC)cc1OC. The highest BCUT2D eigenvalue weighted by molar-refractivity contribution is 5.69. The lowest BCUT2D eigenvalue weighted by Gasteiger charge is -2.32. The Kier molecular flexibility index (Phi) is 19.3. The molecule has 0 radical (unpaired) electrons. The van der Waals surface area contributed by atoms with Gasteiger partial charge in [0.1, 0.15) is 24.7 Å². The van der Waals surface area contributed by atoms with Gasteiger partial charge in [-0.3, -0.25) is 9.59 Å². The molecule has 0 unspecified atom stereocenters. The highest BCUT2D eigenvalue weighted by Gasteiger charge is 2.31. The maximum absolute atomic E-state index is 12.3. The first-order valence-electron chi connectivity index (χ1n) is 16.3. The Morgan fingerprint density at radius 1 is 0.628 bits per heavy atom. The van der Waals surface area contributed by atoms with Crippen LogP contribution in [0.4, 0.5) is 0 Å². The van der Waals surface area contributed by atoms with Crippen molar-refractivity contribution in [1.82, 2.24) is 0 Å². The summed E-state index contributed by atoms with van der Waals surface area (Å²) in [5, 5.41) is 0. The maximum atomic E-state index is 12.3. The fourth-order valence-corrected chi connectivity index (χ4v) is 4.95. The van der Waals surface area contributed by atoms with Crippen molar-refractivity contribution in [2.45, 2.75) is 124 Å². The normalized spacial score (nSPS) is 11.8. The highest BCUT2D eigenvalue weighted by atomic mass is 16.6. The molecular formula is C35H60O8. The van der Waals surface area contributed by atoms with Gasteiger partial charge in [-0.1, -0.05) is 54.4 Å². The molecular weight excluding hydrogens is 548 g/mol. The number of hydrogen-bond acceptors (Lipinski definition) is 8. The summed E-state index contributed by atoms with van der Waals surface area (Å²) in [5.41, 5.74) is 1.58. The Morgan fingerprint density at radius 3 is 1.49 bits per heavy atom. The van der Waals surface area contributed by atoms with Crippen LogP contribution in [0.1, 0.15) is 124 Å². The summed E-state index contributed by atoms with van der Waals surface area (Å²) in [6, 6.07) is 4.18. The Balaban J connectivity index is 2.79. The molecule has 1 aromatic rings. The largest absolute Gasteiger partial charge is 0.496 e. The molecule has 1 rings (SSSR count). The zero-order valence-corrected chi connectivity index (χ0v) is 28.4. The molecule has 0 N–H and O–H groups in total. The average Bonchev–Trinajstić information content (AvgIpc) is 2.96. The maximum Gasteiger partial charge on any atom is 0.305 e. The minimum Gasteiger partial charge on any atom is -0.496 e. The van der Waals surface area contributed by atoms with E-state index in [4.69, 9.17) is 28.4 Å². The molecule has 8 nitrogen and oxygen atoms in total. The number of unbranched alkanes of at least 4 members (excludes halogenated alkanes) is 2. The monoisotopic (exact) mass is 608 g/mol. The van der Waals surface area contributed by atoms with Gasteiger partial charge in [-0.15, -0.1) is 0 Å². The molecule has 248 valence electrons. The van der Waals surface area contributed by atoms with Crippen LogP contribution in [0.25, 0.3) is 0 Å². The van der Waals surface area contributed by atoms with Crippen molar-refractivity contribution < 1.29 is 38.0 Å². The summed E-state index contributed by atoms with van der Waals surface area (Å²) in [7, 11) is 1.69. The average molecular weight is 609 g/mol. The lowest BCUT2D eigenvalue weighted by atomic mass is 9.75. The van der Waals surface area contributed by atoms with Crippen LogP contribution in [0.2, 0.25) is 0 Å². The van der Waals surface area contributed by atoms with Crippen molar-refractivity contribution in [3.05, 3.63) is 23.3 Å². The molecule has 0 aliphatic heterocycles. The van der Waals surface area contributed by atoms with Crippen LogP contribution in [0, 0.1) is 0 Å². The van der Waals surface area contributed by atoms with E-state index in [1.165, 1.54) is 0 Å². The van der Waals surface area contributed by atoms with Crippen molar-refractivity contribution in [3.8, 4) is 11.5 Å². The second kappa shape index (κ2) is 21.4. The lowest BCUT2D eigenvalue weighted by Crippen LogP contribution is -2.23. The molecule has 8 heteroatoms. The molecule has 0 amide bonds. The number of rotatable bonds is 25. The van der Waals surface area contributed by atoms with Gasteiger partial charge >= 0.3 is 11.9 Å². The predicted molar refractivity (Wildman–Crippen MR) is 171 cm³/mol. The minimum absolute atomic E-state index is 0.196. The molecule has 0 aliphatic rings. The molecule has 0 bridgehead atoms. The standard InChI is InChI=1S/C35H60O8/c1-9-12-20-39-22-24-42-32(36)16-14-18-34(4,5)28-27-31(41-11-3)29(26-30(28)38-8)35(6,7)19-15-17-33(37)43-25-23-40-21-13-10-2/h26-27H,9-25H2,1-8H3. The van der Waals surface area contributed by atoms with E-state index in [0.717, 1.165) is 61.2 Å². The fourth-order valence-electron chi connectivity index (χ4n) is 4.95. The third kappa shape index (κ3) is 15.3. The van der Waals surface area contributed by atoms with E-state index in [1.54, 1.807) is 7.11 Å². The fraction of sp³-hybridized carbons (Fsp3) is 0.771. The van der Waals surface area contributed by atoms with E-state index < -0.39 is 0 Å². The number of methoxy groups -OCH3 is 1. The minimum atomic E-state index is -0.257. The summed E-state index contributed by atoms with van der Waals surface area (Å²) in [4.78, 5) is 24.5. The van der Waals surface area contributed by atoms with Gasteiger partial charge in [0, 0.05) is 37.2 Å². The van der Waals surface area contributed by atoms with Gasteiger partial charge in [0.05, 0.1) is 26.9 Å². The van der Waals surface area contributed by atoms with Crippen LogP contribution in [-0.4, -0.2) is 65.3 Å². The van der Waals surface area contributed by atoms with Crippen molar-refractivity contribution in [2.24, 2.45) is 0 Å². The first-order valence-corrected chi connectivity index (χ1v) is 16.3. The van der Waals surface area contributed by atoms with E-state index in [2.05, 4.69) is 53.7 Å². The lowest BCUT2D eigenvalue weighted by molar-refractivity contribution is -0.146. The Labute approximate surface area is 261 Å². The van der Waals surface area contributed by atoms with Gasteiger partial charge in [0.25, 0.3) is 0 Å². The first kappa shape index (κ1) is 38.7. The Hall–Kier alpha value is -2.32. The molecule has 0 spiro atoms. The van der Waals surface area contributed by atoms with E-state index in [1.807, 2.05) is 6.92 Å². The van der Waals surface area contributed by atoms with E-state index in [9.17, 15) is 9.59 Å². The van der Waals surface area contributed by atoms with Gasteiger partial charge in [-0.25, -0.2) is 0 Å². The van der Waals surface area contributed by atoms with Crippen molar-refractivity contribution >= 4 is 11.9 Å². The molecule has 0 heterocycles. The van der Waals surface area contributed by atoms with Crippen LogP contribution in [-0.2, 0) is 39.4 Å². The van der Waals surface area contributed by atoms with Crippen molar-refractivity contribution in [3.63, 3.8) is 0 Å². The van der Waals surface area contributed by atoms with Gasteiger partial charge in [-0.05, 0) is 68.4 Å². The van der Waals surface area contributed by atoms with E-state index >= 15 is 0 Å². The summed E-state index contributed by atoms with van der Waals surface area (Å²) >= 11 is 0. The van der Waals surface area contributed by atoms with Gasteiger partial charge in [0.2, 0.25) is 0 Å². The van der Waals surface area contributed by atoms with Crippen LogP contribution in [0.15, 0.2) is 12.1 Å². The van der Waals surface area contributed by atoms with Crippen molar-refractivity contribution in [1.29, 1.82) is 0 Å². The molecule has 0 atom stereocenters. The molecule has 0 saturated carbocycles. The second-order valence-corrected chi connectivity index (χ2v) is 12.3. The smallest absolute Gasteiger partial charge is 0.305 e. The van der Waals surface area contributed by atoms with Crippen LogP contribution in [0.5, 0.6) is 11.5 Å². The number of esters is 2. The quantitative estimate of drug-likeness (QED) is 0.0824. The van der Waals surface area contributed by atoms with Crippen molar-refractivity contribution in [2.75, 3.05) is 53.4 Å². The number of ether oxygens (including phenoxy) is 6. The molecule has 0 aromatic heterocycles. The molecule has 0 saturated heterocycles. The van der Waals surface area contributed by atoms with E-state index in [0.29, 0.717) is 71.9 Å². The Bertz CT molecular complexity index is 925. The molecule has 0 aliphatic carbocycles. The Morgan fingerprint density at radius 2 is 1.07 bits per heavy atom. The van der Waals surface area contributed by atoms with Gasteiger partial charge < -0.3 is 28.4 Å². The first-order chi connectivity index (χ1) is 20.5. The second-order valence-electron chi connectivity index (χ2n) is 12.3. The van der Waals surface area contributed by atoms with Crippen LogP contribution < -0.4 is 9.47 Å². The summed E-state index contributed by atoms with van der Waals surface area (Å²) < 4.78 is 33.6. The van der Waals surface area contributed by atoms with Crippen LogP contribution >= 0.6 is 0 Å². The third-order valence-electron chi connectivity index (χ3n) is 7.69. The number of carbonyl (C=O) groups excluding carboxylic acids is 2. The zero-order valence-electron chi connectivity index (χ0n) is 28.4. The summed E-state index contributed by atoms with van der Waals surface area (Å²) in [6.07, 6.45) is 7.89. The third-order valence-corrected chi connectivity index (χ3v) is 7.69. The van der Waals surface area contributed by atoms with Gasteiger partial charge in [0.15, 0.2) is 0 Å². The number of hydrogen-bond donors (Lipinski definition) is 0. The molecule has 1 aromatic carbocycles. The zero-order chi connectivity index (χ0) is 32.1. The van der Waals surface area contributed by atoms with E-state index in [-0.39, 0.29) is 22.8 Å². The number of carbonyl (C=O) groups is 2. The summed E-state index contributed by atoms with van der Waals surface area (Å²) in [6.45, 7) is 18.3. The molecule has 0 fully saturated rings. The number of benzene rings is 1. The van der Waals surface area contributed by atoms with Gasteiger partial charge in [-0.2, -0.15) is 0 Å². The molecule has 43 heavy (non-hydrogen) atoms. The van der Waals surface area contributed by atoms with Crippen LogP contribution in [0.3, 0.4) is 0 Å². The topological polar surface area (TPSA) is 89.5 Å².